The van der Waals surface area contributed by atoms with Crippen molar-refractivity contribution in [2.24, 2.45) is 5.10 Å². The van der Waals surface area contributed by atoms with Gasteiger partial charge in [0.05, 0.1) is 0 Å². The van der Waals surface area contributed by atoms with Gasteiger partial charge in [0.1, 0.15) is 11.5 Å². The highest BCUT2D eigenvalue weighted by molar-refractivity contribution is 7.99. The second-order valence-corrected chi connectivity index (χ2v) is 7.43. The third-order valence-corrected chi connectivity index (χ3v) is 5.11. The van der Waals surface area contributed by atoms with Crippen molar-refractivity contribution < 1.29 is 4.42 Å². The van der Waals surface area contributed by atoms with E-state index >= 15 is 0 Å². The summed E-state index contributed by atoms with van der Waals surface area (Å²) in [7, 11) is 0. The summed E-state index contributed by atoms with van der Waals surface area (Å²) in [4.78, 5) is 0. The molecule has 0 amide bonds. The lowest BCUT2D eigenvalue weighted by Crippen LogP contribution is -2.14. The molecule has 0 saturated carbocycles. The Morgan fingerprint density at radius 1 is 1.12 bits per heavy atom. The fraction of sp³-hybridized carbons (Fsp3) is 0.235. The Hall–Kier alpha value is -1.76. The van der Waals surface area contributed by atoms with Crippen LogP contribution < -0.4 is 0 Å². The largest absolute Gasteiger partial charge is 0.455 e. The molecule has 128 valence electrons. The van der Waals surface area contributed by atoms with Crippen LogP contribution >= 0.6 is 35.0 Å². The van der Waals surface area contributed by atoms with Gasteiger partial charge in [-0.15, -0.1) is 10.2 Å². The topological polar surface area (TPSA) is 56.2 Å². The first-order valence-electron chi connectivity index (χ1n) is 7.85. The van der Waals surface area contributed by atoms with E-state index < -0.39 is 0 Å². The van der Waals surface area contributed by atoms with E-state index in [2.05, 4.69) is 22.2 Å². The molecule has 0 N–H and O–H groups in total. The number of halogens is 2. The smallest absolute Gasteiger partial charge is 0.212 e. The summed E-state index contributed by atoms with van der Waals surface area (Å²) < 4.78 is 7.81. The summed E-state index contributed by atoms with van der Waals surface area (Å²) in [6, 6.07) is 9.16. The first kappa shape index (κ1) is 16.7. The van der Waals surface area contributed by atoms with Gasteiger partial charge in [0.15, 0.2) is 11.6 Å². The number of hydrogen-bond donors (Lipinski definition) is 0. The van der Waals surface area contributed by atoms with Crippen LogP contribution in [0.5, 0.6) is 0 Å². The van der Waals surface area contributed by atoms with Crippen molar-refractivity contribution in [2.75, 3.05) is 5.75 Å². The number of hydrogen-bond acceptors (Lipinski definition) is 5. The Morgan fingerprint density at radius 3 is 2.64 bits per heavy atom. The molecule has 0 fully saturated rings. The van der Waals surface area contributed by atoms with Gasteiger partial charge < -0.3 is 4.42 Å². The van der Waals surface area contributed by atoms with E-state index in [-0.39, 0.29) is 0 Å². The van der Waals surface area contributed by atoms with Crippen molar-refractivity contribution >= 4 is 40.7 Å². The number of furan rings is 1. The zero-order chi connectivity index (χ0) is 17.4. The van der Waals surface area contributed by atoms with Crippen LogP contribution in [-0.4, -0.2) is 26.3 Å². The maximum Gasteiger partial charge on any atom is 0.212 e. The van der Waals surface area contributed by atoms with Gasteiger partial charge in [-0.05, 0) is 36.8 Å². The van der Waals surface area contributed by atoms with Crippen molar-refractivity contribution in [3.8, 4) is 11.3 Å². The second-order valence-electron chi connectivity index (χ2n) is 5.62. The molecule has 0 radical (unpaired) electrons. The lowest BCUT2D eigenvalue weighted by atomic mass is 10.2. The number of thioether (sulfide) groups is 1. The molecule has 3 aromatic rings. The van der Waals surface area contributed by atoms with Crippen molar-refractivity contribution in [2.45, 2.75) is 24.9 Å². The van der Waals surface area contributed by atoms with E-state index in [1.54, 1.807) is 17.8 Å². The van der Waals surface area contributed by atoms with E-state index in [9.17, 15) is 0 Å². The van der Waals surface area contributed by atoms with Crippen molar-refractivity contribution in [3.05, 3.63) is 52.0 Å². The van der Waals surface area contributed by atoms with Gasteiger partial charge in [-0.25, -0.2) is 0 Å². The van der Waals surface area contributed by atoms with E-state index in [0.29, 0.717) is 21.6 Å². The highest BCUT2D eigenvalue weighted by atomic mass is 35.5. The molecular formula is C17H14Cl2N4OS. The zero-order valence-electron chi connectivity index (χ0n) is 13.4. The molecule has 1 aliphatic heterocycles. The van der Waals surface area contributed by atoms with Crippen LogP contribution in [0.3, 0.4) is 0 Å². The van der Waals surface area contributed by atoms with Gasteiger partial charge in [0, 0.05) is 27.8 Å². The van der Waals surface area contributed by atoms with Crippen LogP contribution in [0.25, 0.3) is 11.3 Å². The number of aryl methyl sites for hydroxylation is 1. The van der Waals surface area contributed by atoms with E-state index in [1.165, 1.54) is 0 Å². The van der Waals surface area contributed by atoms with Crippen LogP contribution in [0.15, 0.2) is 45.0 Å². The minimum atomic E-state index is 0.573. The summed E-state index contributed by atoms with van der Waals surface area (Å²) in [6.45, 7) is 2.11. The lowest BCUT2D eigenvalue weighted by molar-refractivity contribution is 0.569. The van der Waals surface area contributed by atoms with E-state index in [1.807, 2.05) is 28.9 Å². The SMILES string of the molecule is CCCc1nnc2n1N=C(c1ccc(-c3cc(Cl)cc(Cl)c3)o1)CS2. The molecule has 4 rings (SSSR count). The molecule has 1 aliphatic rings. The van der Waals surface area contributed by atoms with Crippen molar-refractivity contribution in [3.63, 3.8) is 0 Å². The average molecular weight is 393 g/mol. The molecule has 0 unspecified atom stereocenters. The molecule has 0 aliphatic carbocycles. The van der Waals surface area contributed by atoms with Crippen molar-refractivity contribution in [1.82, 2.24) is 14.9 Å². The molecule has 8 heteroatoms. The molecular weight excluding hydrogens is 379 g/mol. The molecule has 1 aromatic carbocycles. The maximum atomic E-state index is 6.08. The lowest BCUT2D eigenvalue weighted by Gasteiger charge is -2.11. The van der Waals surface area contributed by atoms with Crippen LogP contribution in [0.2, 0.25) is 10.0 Å². The van der Waals surface area contributed by atoms with E-state index in [0.717, 1.165) is 40.9 Å². The third-order valence-electron chi connectivity index (χ3n) is 3.75. The molecule has 0 saturated heterocycles. The summed E-state index contributed by atoms with van der Waals surface area (Å²) >= 11 is 13.8. The maximum absolute atomic E-state index is 6.08. The number of benzene rings is 1. The highest BCUT2D eigenvalue weighted by Crippen LogP contribution is 2.30. The highest BCUT2D eigenvalue weighted by Gasteiger charge is 2.21. The Balaban J connectivity index is 1.68. The van der Waals surface area contributed by atoms with Gasteiger partial charge in [0.25, 0.3) is 0 Å². The fourth-order valence-electron chi connectivity index (χ4n) is 2.61. The molecule has 25 heavy (non-hydrogen) atoms. The number of nitrogens with zero attached hydrogens (tertiary/aromatic N) is 4. The van der Waals surface area contributed by atoms with Gasteiger partial charge in [-0.3, -0.25) is 0 Å². The predicted molar refractivity (Wildman–Crippen MR) is 101 cm³/mol. The molecule has 2 aromatic heterocycles. The monoisotopic (exact) mass is 392 g/mol. The zero-order valence-corrected chi connectivity index (χ0v) is 15.7. The van der Waals surface area contributed by atoms with Crippen LogP contribution in [0.4, 0.5) is 0 Å². The number of fused-ring (bicyclic) bond motifs is 1. The third kappa shape index (κ3) is 3.34. The van der Waals surface area contributed by atoms with Crippen molar-refractivity contribution in [1.29, 1.82) is 0 Å². The van der Waals surface area contributed by atoms with Gasteiger partial charge >= 0.3 is 0 Å². The molecule has 0 spiro atoms. The standard InChI is InChI=1S/C17H14Cl2N4OS/c1-2-3-16-20-21-17-23(16)22-13(9-25-17)15-5-4-14(24-15)10-6-11(18)8-12(19)7-10/h4-8H,2-3,9H2,1H3. The molecule has 0 atom stereocenters. The van der Waals surface area contributed by atoms with Crippen LogP contribution in [0, 0.1) is 0 Å². The predicted octanol–water partition coefficient (Wildman–Crippen LogP) is 5.16. The first-order valence-corrected chi connectivity index (χ1v) is 9.60. The molecule has 0 bridgehead atoms. The number of rotatable bonds is 4. The summed E-state index contributed by atoms with van der Waals surface area (Å²) in [6.07, 6.45) is 1.84. The minimum absolute atomic E-state index is 0.573. The number of aromatic nitrogens is 3. The Bertz CT molecular complexity index is 943. The molecule has 5 nitrogen and oxygen atoms in total. The average Bonchev–Trinajstić information content (AvgIpc) is 3.21. The van der Waals surface area contributed by atoms with E-state index in [4.69, 9.17) is 27.6 Å². The van der Waals surface area contributed by atoms with Gasteiger partial charge in [0.2, 0.25) is 5.16 Å². The quantitative estimate of drug-likeness (QED) is 0.615. The summed E-state index contributed by atoms with van der Waals surface area (Å²) in [5.74, 6) is 2.99. The summed E-state index contributed by atoms with van der Waals surface area (Å²) in [5.41, 5.74) is 1.69. The van der Waals surface area contributed by atoms with Gasteiger partial charge in [-0.2, -0.15) is 9.78 Å². The summed E-state index contributed by atoms with van der Waals surface area (Å²) in [5, 5.41) is 15.0. The Labute approximate surface area is 159 Å². The minimum Gasteiger partial charge on any atom is -0.455 e. The first-order chi connectivity index (χ1) is 12.1. The molecule has 3 heterocycles. The Kier molecular flexibility index (Phi) is 4.58. The second kappa shape index (κ2) is 6.86. The van der Waals surface area contributed by atoms with Crippen LogP contribution in [-0.2, 0) is 6.42 Å². The Morgan fingerprint density at radius 2 is 1.88 bits per heavy atom. The normalized spacial score (nSPS) is 13.6. The van der Waals surface area contributed by atoms with Gasteiger partial charge in [-0.1, -0.05) is 41.9 Å². The van der Waals surface area contributed by atoms with Crippen LogP contribution in [0.1, 0.15) is 24.9 Å². The fourth-order valence-corrected chi connectivity index (χ4v) is 3.97.